The number of aliphatic hydroxyl groups is 2. The quantitative estimate of drug-likeness (QED) is 0.593. The molecule has 0 aromatic heterocycles. The van der Waals surface area contributed by atoms with Gasteiger partial charge < -0.3 is 19.7 Å². The lowest BCUT2D eigenvalue weighted by molar-refractivity contribution is -0.275. The molecule has 5 fully saturated rings. The normalized spacial score (nSPS) is 58.3. The van der Waals surface area contributed by atoms with Crippen molar-refractivity contribution >= 4 is 0 Å². The minimum absolute atomic E-state index is 0.123. The number of rotatable bonds is 1. The van der Waals surface area contributed by atoms with E-state index in [-0.39, 0.29) is 18.6 Å². The molecule has 0 aromatic rings. The Balaban J connectivity index is 1.26. The predicted molar refractivity (Wildman–Crippen MR) is 119 cm³/mol. The molecule has 3 saturated carbocycles. The van der Waals surface area contributed by atoms with Crippen molar-refractivity contribution in [3.63, 3.8) is 0 Å². The molecular weight excluding hydrogens is 388 g/mol. The van der Waals surface area contributed by atoms with Crippen LogP contribution in [0.1, 0.15) is 78.6 Å². The fourth-order valence-corrected chi connectivity index (χ4v) is 9.74. The molecule has 2 N–H and O–H groups in total. The van der Waals surface area contributed by atoms with E-state index in [1.54, 1.807) is 5.57 Å². The van der Waals surface area contributed by atoms with Gasteiger partial charge in [0.05, 0.1) is 18.8 Å². The second-order valence-electron chi connectivity index (χ2n) is 12.6. The maximum atomic E-state index is 10.3. The molecule has 2 heterocycles. The average molecular weight is 431 g/mol. The Labute approximate surface area is 187 Å². The van der Waals surface area contributed by atoms with Crippen LogP contribution in [0.5, 0.6) is 0 Å². The summed E-state index contributed by atoms with van der Waals surface area (Å²) >= 11 is 0. The van der Waals surface area contributed by atoms with Crippen LogP contribution >= 0.6 is 0 Å². The van der Waals surface area contributed by atoms with Crippen LogP contribution in [0.4, 0.5) is 0 Å². The van der Waals surface area contributed by atoms with Gasteiger partial charge in [-0.1, -0.05) is 32.4 Å². The van der Waals surface area contributed by atoms with Gasteiger partial charge in [0.15, 0.2) is 5.79 Å². The first-order valence-corrected chi connectivity index (χ1v) is 13.1. The van der Waals surface area contributed by atoms with Gasteiger partial charge in [-0.05, 0) is 85.9 Å². The number of aliphatic hydroxyl groups excluding tert-OH is 2. The van der Waals surface area contributed by atoms with Crippen LogP contribution in [0, 0.1) is 46.3 Å². The van der Waals surface area contributed by atoms with Gasteiger partial charge >= 0.3 is 0 Å². The van der Waals surface area contributed by atoms with Crippen molar-refractivity contribution in [2.24, 2.45) is 46.3 Å². The molecule has 174 valence electrons. The van der Waals surface area contributed by atoms with Crippen LogP contribution in [-0.2, 0) is 9.47 Å². The second-order valence-corrected chi connectivity index (χ2v) is 12.6. The van der Waals surface area contributed by atoms with Crippen molar-refractivity contribution in [3.05, 3.63) is 11.6 Å². The minimum Gasteiger partial charge on any atom is -0.396 e. The lowest BCUT2D eigenvalue weighted by Gasteiger charge is -2.58. The molecule has 4 nitrogen and oxygen atoms in total. The number of allylic oxidation sites excluding steroid dienone is 1. The summed E-state index contributed by atoms with van der Waals surface area (Å²) in [7, 11) is 0. The van der Waals surface area contributed by atoms with Crippen LogP contribution in [0.25, 0.3) is 0 Å². The summed E-state index contributed by atoms with van der Waals surface area (Å²) in [6.45, 7) is 8.37. The van der Waals surface area contributed by atoms with Crippen molar-refractivity contribution in [2.75, 3.05) is 13.2 Å². The van der Waals surface area contributed by atoms with E-state index in [1.807, 2.05) is 0 Å². The molecule has 4 heteroatoms. The van der Waals surface area contributed by atoms with Crippen LogP contribution < -0.4 is 0 Å². The predicted octanol–water partition coefficient (Wildman–Crippen LogP) is 4.69. The molecule has 11 atom stereocenters. The van der Waals surface area contributed by atoms with Gasteiger partial charge in [0.2, 0.25) is 0 Å². The highest BCUT2D eigenvalue weighted by Gasteiger charge is 2.68. The van der Waals surface area contributed by atoms with Crippen molar-refractivity contribution in [1.82, 2.24) is 0 Å². The number of fused-ring (bicyclic) bond motifs is 7. The summed E-state index contributed by atoms with van der Waals surface area (Å²) in [5.41, 5.74) is 2.22. The van der Waals surface area contributed by atoms with Crippen LogP contribution in [0.3, 0.4) is 0 Å². The Morgan fingerprint density at radius 1 is 1.10 bits per heavy atom. The Kier molecular flexibility index (Phi) is 4.80. The molecule has 6 aliphatic rings. The minimum atomic E-state index is -0.406. The SMILES string of the molecule is C[C@H]1[C@H]2[C@H](C[C@@H]3[C@@H]4CC=C5C[C@@H](O)CC[C@]5(C)[C@H]4CC[C@]23C)O[C@]12CC[C@@H](CO)CO2. The van der Waals surface area contributed by atoms with E-state index in [4.69, 9.17) is 9.47 Å². The smallest absolute Gasteiger partial charge is 0.171 e. The van der Waals surface area contributed by atoms with Crippen molar-refractivity contribution in [2.45, 2.75) is 96.6 Å². The molecule has 0 amide bonds. The van der Waals surface area contributed by atoms with Crippen LogP contribution in [-0.4, -0.2) is 41.4 Å². The number of hydrogen-bond acceptors (Lipinski definition) is 4. The van der Waals surface area contributed by atoms with E-state index in [1.165, 1.54) is 25.7 Å². The largest absolute Gasteiger partial charge is 0.396 e. The maximum Gasteiger partial charge on any atom is 0.171 e. The molecule has 0 bridgehead atoms. The zero-order valence-electron chi connectivity index (χ0n) is 19.7. The highest BCUT2D eigenvalue weighted by atomic mass is 16.7. The molecule has 1 spiro atoms. The van der Waals surface area contributed by atoms with E-state index in [9.17, 15) is 10.2 Å². The fraction of sp³-hybridized carbons (Fsp3) is 0.926. The van der Waals surface area contributed by atoms with Gasteiger partial charge in [-0.3, -0.25) is 0 Å². The number of hydrogen-bond donors (Lipinski definition) is 2. The standard InChI is InChI=1S/C27H42O4/c1-16-24-23(31-27(16)11-6-17(14-28)15-30-27)13-22-20-5-4-18-12-19(29)7-9-25(18,2)21(20)8-10-26(22,24)3/h4,16-17,19-24,28-29H,5-15H2,1-3H3/t16-,17-,19-,20+,21-,22+,23-,24-,25-,26-,27+/m0/s1. The Morgan fingerprint density at radius 3 is 2.68 bits per heavy atom. The highest BCUT2D eigenvalue weighted by Crippen LogP contribution is 2.70. The zero-order valence-corrected chi connectivity index (χ0v) is 19.7. The third-order valence-corrected chi connectivity index (χ3v) is 11.5. The molecule has 6 rings (SSSR count). The van der Waals surface area contributed by atoms with E-state index in [0.29, 0.717) is 35.4 Å². The molecule has 31 heavy (non-hydrogen) atoms. The Bertz CT molecular complexity index is 754. The topological polar surface area (TPSA) is 58.9 Å². The summed E-state index contributed by atoms with van der Waals surface area (Å²) < 4.78 is 13.2. The lowest BCUT2D eigenvalue weighted by atomic mass is 9.47. The Hall–Kier alpha value is -0.420. The van der Waals surface area contributed by atoms with Gasteiger partial charge in [-0.15, -0.1) is 0 Å². The summed E-state index contributed by atoms with van der Waals surface area (Å²) in [6, 6.07) is 0. The molecule has 0 aromatic carbocycles. The van der Waals surface area contributed by atoms with E-state index in [0.717, 1.165) is 49.9 Å². The average Bonchev–Trinajstić information content (AvgIpc) is 3.20. The monoisotopic (exact) mass is 430 g/mol. The summed E-state index contributed by atoms with van der Waals surface area (Å²) in [5, 5.41) is 19.8. The number of ether oxygens (including phenoxy) is 2. The van der Waals surface area contributed by atoms with Crippen LogP contribution in [0.15, 0.2) is 11.6 Å². The first-order valence-electron chi connectivity index (χ1n) is 13.1. The lowest BCUT2D eigenvalue weighted by Crippen LogP contribution is -2.52. The second kappa shape index (κ2) is 7.04. The third kappa shape index (κ3) is 2.80. The van der Waals surface area contributed by atoms with E-state index < -0.39 is 5.79 Å². The van der Waals surface area contributed by atoms with Gasteiger partial charge in [-0.2, -0.15) is 0 Å². The Morgan fingerprint density at radius 2 is 1.94 bits per heavy atom. The maximum absolute atomic E-state index is 10.3. The van der Waals surface area contributed by atoms with Crippen molar-refractivity contribution in [3.8, 4) is 0 Å². The van der Waals surface area contributed by atoms with Gasteiger partial charge in [-0.25, -0.2) is 0 Å². The van der Waals surface area contributed by atoms with Gasteiger partial charge in [0, 0.05) is 24.9 Å². The van der Waals surface area contributed by atoms with Gasteiger partial charge in [0.1, 0.15) is 0 Å². The van der Waals surface area contributed by atoms with Crippen molar-refractivity contribution < 1.29 is 19.7 Å². The van der Waals surface area contributed by atoms with E-state index in [2.05, 4.69) is 26.8 Å². The van der Waals surface area contributed by atoms with Gasteiger partial charge in [0.25, 0.3) is 0 Å². The summed E-state index contributed by atoms with van der Waals surface area (Å²) in [6.07, 6.45) is 12.8. The zero-order chi connectivity index (χ0) is 21.6. The highest BCUT2D eigenvalue weighted by molar-refractivity contribution is 5.26. The molecule has 0 radical (unpaired) electrons. The van der Waals surface area contributed by atoms with E-state index >= 15 is 0 Å². The first kappa shape index (κ1) is 21.1. The molecule has 2 saturated heterocycles. The molecular formula is C27H42O4. The molecule has 2 aliphatic heterocycles. The molecule has 0 unspecified atom stereocenters. The fourth-order valence-electron chi connectivity index (χ4n) is 9.74. The summed E-state index contributed by atoms with van der Waals surface area (Å²) in [5.74, 6) is 3.18. The third-order valence-electron chi connectivity index (χ3n) is 11.5. The van der Waals surface area contributed by atoms with Crippen molar-refractivity contribution in [1.29, 1.82) is 0 Å². The van der Waals surface area contributed by atoms with Crippen LogP contribution in [0.2, 0.25) is 0 Å². The molecule has 4 aliphatic carbocycles. The summed E-state index contributed by atoms with van der Waals surface area (Å²) in [4.78, 5) is 0. The first-order chi connectivity index (χ1) is 14.8.